The van der Waals surface area contributed by atoms with Crippen LogP contribution in [0.1, 0.15) is 18.7 Å². The first-order valence-corrected chi connectivity index (χ1v) is 5.78. The van der Waals surface area contributed by atoms with Crippen LogP contribution in [0.3, 0.4) is 0 Å². The summed E-state index contributed by atoms with van der Waals surface area (Å²) in [5.74, 6) is 1.06. The zero-order valence-electron chi connectivity index (χ0n) is 9.98. The highest BCUT2D eigenvalue weighted by molar-refractivity contribution is 4.91. The van der Waals surface area contributed by atoms with Gasteiger partial charge in [0.2, 0.25) is 0 Å². The molecule has 16 heavy (non-hydrogen) atoms. The van der Waals surface area contributed by atoms with E-state index in [1.807, 2.05) is 12.4 Å². The van der Waals surface area contributed by atoms with E-state index in [1.165, 1.54) is 0 Å². The molecule has 0 bridgehead atoms. The van der Waals surface area contributed by atoms with Crippen LogP contribution in [0.25, 0.3) is 0 Å². The summed E-state index contributed by atoms with van der Waals surface area (Å²) in [7, 11) is 1.71. The van der Waals surface area contributed by atoms with Crippen LogP contribution >= 0.6 is 0 Å². The molecule has 0 aliphatic carbocycles. The van der Waals surface area contributed by atoms with Crippen molar-refractivity contribution in [2.45, 2.75) is 25.9 Å². The summed E-state index contributed by atoms with van der Waals surface area (Å²) in [6.45, 7) is 4.15. The first kappa shape index (κ1) is 13.2. The van der Waals surface area contributed by atoms with Crippen molar-refractivity contribution in [3.8, 4) is 0 Å². The van der Waals surface area contributed by atoms with Crippen LogP contribution in [-0.4, -0.2) is 36.4 Å². The molecule has 5 nitrogen and oxygen atoms in total. The summed E-state index contributed by atoms with van der Waals surface area (Å²) in [4.78, 5) is 4.31. The van der Waals surface area contributed by atoms with Gasteiger partial charge in [-0.3, -0.25) is 0 Å². The van der Waals surface area contributed by atoms with Gasteiger partial charge >= 0.3 is 0 Å². The lowest BCUT2D eigenvalue weighted by Crippen LogP contribution is -2.19. The van der Waals surface area contributed by atoms with Gasteiger partial charge in [-0.15, -0.1) is 0 Å². The quantitative estimate of drug-likeness (QED) is 0.597. The second-order valence-corrected chi connectivity index (χ2v) is 3.70. The molecule has 0 aromatic carbocycles. The van der Waals surface area contributed by atoms with Gasteiger partial charge in [0, 0.05) is 26.0 Å². The lowest BCUT2D eigenvalue weighted by atomic mass is 10.3. The molecule has 3 N–H and O–H groups in total. The molecular weight excluding hydrogens is 204 g/mol. The summed E-state index contributed by atoms with van der Waals surface area (Å²) in [6.07, 6.45) is 6.00. The van der Waals surface area contributed by atoms with Gasteiger partial charge < -0.3 is 20.4 Å². The molecule has 0 unspecified atom stereocenters. The number of methoxy groups -OCH3 is 1. The molecule has 0 saturated heterocycles. The van der Waals surface area contributed by atoms with E-state index in [2.05, 4.69) is 14.9 Å². The fourth-order valence-corrected chi connectivity index (χ4v) is 1.49. The summed E-state index contributed by atoms with van der Waals surface area (Å²) in [5.41, 5.74) is 5.43. The second-order valence-electron chi connectivity index (χ2n) is 3.70. The smallest absolute Gasteiger partial charge is 0.122 e. The maximum Gasteiger partial charge on any atom is 0.122 e. The van der Waals surface area contributed by atoms with E-state index < -0.39 is 0 Å². The van der Waals surface area contributed by atoms with Crippen LogP contribution in [0.15, 0.2) is 12.4 Å². The second kappa shape index (κ2) is 8.27. The third-order valence-electron chi connectivity index (χ3n) is 2.43. The average Bonchev–Trinajstić information content (AvgIpc) is 2.74. The Balaban J connectivity index is 2.22. The molecular formula is C11H22N4O. The number of hydrogen-bond acceptors (Lipinski definition) is 4. The molecule has 1 aromatic rings. The molecule has 1 rings (SSSR count). The Kier molecular flexibility index (Phi) is 6.80. The topological polar surface area (TPSA) is 65.1 Å². The van der Waals surface area contributed by atoms with Crippen LogP contribution in [-0.2, 0) is 17.8 Å². The highest BCUT2D eigenvalue weighted by Gasteiger charge is 2.01. The molecule has 0 fully saturated rings. The summed E-state index contributed by atoms with van der Waals surface area (Å²) < 4.78 is 7.16. The molecule has 1 heterocycles. The zero-order valence-corrected chi connectivity index (χ0v) is 9.98. The van der Waals surface area contributed by atoms with Crippen molar-refractivity contribution in [3.05, 3.63) is 18.2 Å². The minimum absolute atomic E-state index is 0.719. The van der Waals surface area contributed by atoms with Crippen LogP contribution in [0, 0.1) is 0 Å². The number of imidazole rings is 1. The van der Waals surface area contributed by atoms with Gasteiger partial charge in [-0.05, 0) is 25.9 Å². The number of nitrogens with one attached hydrogen (secondary N) is 1. The Morgan fingerprint density at radius 3 is 3.12 bits per heavy atom. The summed E-state index contributed by atoms with van der Waals surface area (Å²) in [5, 5.41) is 3.36. The first-order chi connectivity index (χ1) is 7.88. The Morgan fingerprint density at radius 2 is 2.38 bits per heavy atom. The molecule has 1 aromatic heterocycles. The van der Waals surface area contributed by atoms with Gasteiger partial charge in [0.1, 0.15) is 5.82 Å². The summed E-state index contributed by atoms with van der Waals surface area (Å²) >= 11 is 0. The predicted octanol–water partition coefficient (Wildman–Crippen LogP) is 0.358. The molecule has 92 valence electrons. The normalized spacial score (nSPS) is 10.9. The van der Waals surface area contributed by atoms with Gasteiger partial charge in [0.15, 0.2) is 0 Å². The van der Waals surface area contributed by atoms with Gasteiger partial charge in [-0.25, -0.2) is 4.98 Å². The molecule has 0 spiro atoms. The SMILES string of the molecule is COCCn1ccnc1CNCCCCN. The van der Waals surface area contributed by atoms with Crippen molar-refractivity contribution in [1.82, 2.24) is 14.9 Å². The van der Waals surface area contributed by atoms with E-state index in [1.54, 1.807) is 7.11 Å². The molecule has 0 aliphatic rings. The maximum absolute atomic E-state index is 5.43. The van der Waals surface area contributed by atoms with Crippen molar-refractivity contribution >= 4 is 0 Å². The maximum atomic E-state index is 5.43. The average molecular weight is 226 g/mol. The molecule has 0 aliphatic heterocycles. The molecule has 5 heteroatoms. The number of nitrogens with two attached hydrogens (primary N) is 1. The third-order valence-corrected chi connectivity index (χ3v) is 2.43. The van der Waals surface area contributed by atoms with Crippen molar-refractivity contribution in [3.63, 3.8) is 0 Å². The fraction of sp³-hybridized carbons (Fsp3) is 0.727. The predicted molar refractivity (Wildman–Crippen MR) is 64.1 cm³/mol. The molecule has 0 amide bonds. The van der Waals surface area contributed by atoms with Crippen molar-refractivity contribution in [2.24, 2.45) is 5.73 Å². The number of unbranched alkanes of at least 4 members (excludes halogenated alkanes) is 1. The standard InChI is InChI=1S/C11H22N4O/c1-16-9-8-15-7-6-14-11(15)10-13-5-3-2-4-12/h6-7,13H,2-5,8-10,12H2,1H3. The van der Waals surface area contributed by atoms with Gasteiger partial charge in [0.25, 0.3) is 0 Å². The van der Waals surface area contributed by atoms with Crippen molar-refractivity contribution < 1.29 is 4.74 Å². The lowest BCUT2D eigenvalue weighted by molar-refractivity contribution is 0.186. The molecule has 0 radical (unpaired) electrons. The number of ether oxygens (including phenoxy) is 1. The highest BCUT2D eigenvalue weighted by atomic mass is 16.5. The first-order valence-electron chi connectivity index (χ1n) is 5.78. The Hall–Kier alpha value is -0.910. The lowest BCUT2D eigenvalue weighted by Gasteiger charge is -2.08. The van der Waals surface area contributed by atoms with E-state index in [9.17, 15) is 0 Å². The van der Waals surface area contributed by atoms with E-state index in [4.69, 9.17) is 10.5 Å². The Labute approximate surface area is 97.0 Å². The van der Waals surface area contributed by atoms with E-state index >= 15 is 0 Å². The van der Waals surface area contributed by atoms with Crippen LogP contribution in [0.2, 0.25) is 0 Å². The van der Waals surface area contributed by atoms with Crippen molar-refractivity contribution in [1.29, 1.82) is 0 Å². The number of aromatic nitrogens is 2. The fourth-order valence-electron chi connectivity index (χ4n) is 1.49. The van der Waals surface area contributed by atoms with Gasteiger partial charge in [-0.2, -0.15) is 0 Å². The minimum atomic E-state index is 0.719. The third kappa shape index (κ3) is 4.74. The molecule has 0 saturated carbocycles. The van der Waals surface area contributed by atoms with Crippen molar-refractivity contribution in [2.75, 3.05) is 26.8 Å². The van der Waals surface area contributed by atoms with Gasteiger partial charge in [0.05, 0.1) is 13.2 Å². The number of nitrogens with zero attached hydrogens (tertiary/aromatic N) is 2. The monoisotopic (exact) mass is 226 g/mol. The van der Waals surface area contributed by atoms with E-state index in [0.29, 0.717) is 0 Å². The van der Waals surface area contributed by atoms with Crippen LogP contribution in [0.5, 0.6) is 0 Å². The minimum Gasteiger partial charge on any atom is -0.383 e. The van der Waals surface area contributed by atoms with Crippen LogP contribution < -0.4 is 11.1 Å². The van der Waals surface area contributed by atoms with E-state index in [-0.39, 0.29) is 0 Å². The Bertz CT molecular complexity index is 275. The zero-order chi connectivity index (χ0) is 11.6. The summed E-state index contributed by atoms with van der Waals surface area (Å²) in [6, 6.07) is 0. The van der Waals surface area contributed by atoms with Gasteiger partial charge in [-0.1, -0.05) is 0 Å². The Morgan fingerprint density at radius 1 is 1.50 bits per heavy atom. The molecule has 0 atom stereocenters. The number of rotatable bonds is 9. The largest absolute Gasteiger partial charge is 0.383 e. The highest BCUT2D eigenvalue weighted by Crippen LogP contribution is 1.97. The number of hydrogen-bond donors (Lipinski definition) is 2. The van der Waals surface area contributed by atoms with E-state index in [0.717, 1.165) is 51.5 Å². The van der Waals surface area contributed by atoms with Crippen LogP contribution in [0.4, 0.5) is 0 Å².